The molecular formula is C14H26N4O2. The average molecular weight is 282 g/mol. The van der Waals surface area contributed by atoms with Gasteiger partial charge in [-0.3, -0.25) is 4.68 Å². The summed E-state index contributed by atoms with van der Waals surface area (Å²) in [4.78, 5) is 0. The van der Waals surface area contributed by atoms with Crippen molar-refractivity contribution >= 4 is 0 Å². The molecule has 6 nitrogen and oxygen atoms in total. The second kappa shape index (κ2) is 8.34. The van der Waals surface area contributed by atoms with E-state index in [0.29, 0.717) is 38.0 Å². The van der Waals surface area contributed by atoms with Gasteiger partial charge in [-0.05, 0) is 37.6 Å². The highest BCUT2D eigenvalue weighted by atomic mass is 16.3. The number of aliphatic hydroxyl groups is 2. The summed E-state index contributed by atoms with van der Waals surface area (Å²) in [5.74, 6) is 1.04. The Bertz CT molecular complexity index is 383. The van der Waals surface area contributed by atoms with Crippen molar-refractivity contribution in [3.05, 3.63) is 11.9 Å². The maximum absolute atomic E-state index is 9.39. The fraction of sp³-hybridized carbons (Fsp3) is 0.857. The highest BCUT2D eigenvalue weighted by Gasteiger charge is 2.23. The number of hydrogen-bond donors (Lipinski definition) is 3. The molecule has 2 unspecified atom stereocenters. The van der Waals surface area contributed by atoms with Gasteiger partial charge in [0, 0.05) is 32.5 Å². The largest absolute Gasteiger partial charge is 0.396 e. The van der Waals surface area contributed by atoms with Crippen molar-refractivity contribution in [2.45, 2.75) is 45.2 Å². The Hall–Kier alpha value is -0.980. The fourth-order valence-electron chi connectivity index (χ4n) is 2.94. The molecule has 1 saturated carbocycles. The molecular weight excluding hydrogens is 256 g/mol. The summed E-state index contributed by atoms with van der Waals surface area (Å²) in [5, 5.41) is 29.7. The Kier molecular flexibility index (Phi) is 6.42. The lowest BCUT2D eigenvalue weighted by Gasteiger charge is -2.30. The van der Waals surface area contributed by atoms with E-state index in [1.165, 1.54) is 19.3 Å². The van der Waals surface area contributed by atoms with Crippen LogP contribution >= 0.6 is 0 Å². The third kappa shape index (κ3) is 4.54. The molecule has 1 aromatic heterocycles. The predicted octanol–water partition coefficient (Wildman–Crippen LogP) is 0.549. The molecule has 2 atom stereocenters. The van der Waals surface area contributed by atoms with E-state index in [9.17, 15) is 5.11 Å². The van der Waals surface area contributed by atoms with Crippen molar-refractivity contribution in [3.8, 4) is 0 Å². The molecule has 0 aromatic carbocycles. The van der Waals surface area contributed by atoms with Crippen LogP contribution in [-0.4, -0.2) is 45.0 Å². The van der Waals surface area contributed by atoms with Crippen molar-refractivity contribution < 1.29 is 10.2 Å². The van der Waals surface area contributed by atoms with Crippen molar-refractivity contribution in [2.24, 2.45) is 11.8 Å². The van der Waals surface area contributed by atoms with Gasteiger partial charge >= 0.3 is 0 Å². The van der Waals surface area contributed by atoms with Crippen LogP contribution in [0.1, 0.15) is 37.8 Å². The summed E-state index contributed by atoms with van der Waals surface area (Å²) >= 11 is 0. The quantitative estimate of drug-likeness (QED) is 0.648. The molecule has 20 heavy (non-hydrogen) atoms. The minimum Gasteiger partial charge on any atom is -0.396 e. The van der Waals surface area contributed by atoms with Gasteiger partial charge in [-0.25, -0.2) is 0 Å². The van der Waals surface area contributed by atoms with Crippen molar-refractivity contribution in [1.29, 1.82) is 0 Å². The maximum Gasteiger partial charge on any atom is 0.0964 e. The first-order chi connectivity index (χ1) is 9.83. The van der Waals surface area contributed by atoms with Crippen LogP contribution in [0.2, 0.25) is 0 Å². The molecule has 2 rings (SSSR count). The molecule has 0 aliphatic heterocycles. The molecule has 0 spiro atoms. The average Bonchev–Trinajstić information content (AvgIpc) is 2.93. The van der Waals surface area contributed by atoms with Crippen LogP contribution in [0.25, 0.3) is 0 Å². The summed E-state index contributed by atoms with van der Waals surface area (Å²) in [7, 11) is 0. The first-order valence-corrected chi connectivity index (χ1v) is 7.65. The third-order valence-corrected chi connectivity index (χ3v) is 4.15. The lowest BCUT2D eigenvalue weighted by molar-refractivity contribution is 0.133. The Balaban J connectivity index is 1.70. The van der Waals surface area contributed by atoms with E-state index in [0.717, 1.165) is 18.7 Å². The zero-order chi connectivity index (χ0) is 14.2. The molecule has 1 aliphatic carbocycles. The van der Waals surface area contributed by atoms with Crippen molar-refractivity contribution in [2.75, 3.05) is 19.8 Å². The number of rotatable bonds is 8. The number of aliphatic hydroxyl groups excluding tert-OH is 2. The topological polar surface area (TPSA) is 83.2 Å². The lowest BCUT2D eigenvalue weighted by atomic mass is 9.79. The highest BCUT2D eigenvalue weighted by Crippen LogP contribution is 2.29. The molecule has 0 amide bonds. The standard InChI is InChI=1S/C14H26N4O2/c19-7-3-6-18-10-14(16-17-18)9-15-8-12-4-1-2-5-13(12)11-20/h10,12-13,15,19-20H,1-9,11H2. The van der Waals surface area contributed by atoms with E-state index < -0.39 is 0 Å². The van der Waals surface area contributed by atoms with E-state index in [4.69, 9.17) is 5.11 Å². The van der Waals surface area contributed by atoms with Crippen LogP contribution in [-0.2, 0) is 13.1 Å². The van der Waals surface area contributed by atoms with Gasteiger partial charge in [0.1, 0.15) is 0 Å². The van der Waals surface area contributed by atoms with E-state index in [1.54, 1.807) is 4.68 Å². The Morgan fingerprint density at radius 2 is 2.05 bits per heavy atom. The number of nitrogens with zero attached hydrogens (tertiary/aromatic N) is 3. The van der Waals surface area contributed by atoms with Crippen LogP contribution in [0, 0.1) is 11.8 Å². The van der Waals surface area contributed by atoms with Gasteiger partial charge in [-0.15, -0.1) is 5.10 Å². The Labute approximate surface area is 120 Å². The second-order valence-corrected chi connectivity index (χ2v) is 5.67. The monoisotopic (exact) mass is 282 g/mol. The van der Waals surface area contributed by atoms with Crippen LogP contribution in [0.15, 0.2) is 6.20 Å². The van der Waals surface area contributed by atoms with Gasteiger partial charge in [-0.1, -0.05) is 18.1 Å². The zero-order valence-corrected chi connectivity index (χ0v) is 12.0. The van der Waals surface area contributed by atoms with E-state index in [-0.39, 0.29) is 6.61 Å². The Morgan fingerprint density at radius 1 is 1.25 bits per heavy atom. The van der Waals surface area contributed by atoms with E-state index in [2.05, 4.69) is 15.6 Å². The van der Waals surface area contributed by atoms with Crippen LogP contribution < -0.4 is 5.32 Å². The van der Waals surface area contributed by atoms with Crippen LogP contribution in [0.5, 0.6) is 0 Å². The highest BCUT2D eigenvalue weighted by molar-refractivity contribution is 4.91. The first-order valence-electron chi connectivity index (χ1n) is 7.65. The number of aromatic nitrogens is 3. The molecule has 1 aliphatic rings. The molecule has 114 valence electrons. The normalized spacial score (nSPS) is 23.1. The molecule has 3 N–H and O–H groups in total. The molecule has 0 saturated heterocycles. The lowest BCUT2D eigenvalue weighted by Crippen LogP contribution is -2.32. The summed E-state index contributed by atoms with van der Waals surface area (Å²) < 4.78 is 1.77. The molecule has 1 fully saturated rings. The minimum absolute atomic E-state index is 0.178. The number of nitrogens with one attached hydrogen (secondary N) is 1. The van der Waals surface area contributed by atoms with Gasteiger partial charge in [0.15, 0.2) is 0 Å². The van der Waals surface area contributed by atoms with E-state index in [1.807, 2.05) is 6.20 Å². The Morgan fingerprint density at radius 3 is 2.80 bits per heavy atom. The number of aryl methyl sites for hydroxylation is 1. The van der Waals surface area contributed by atoms with Gasteiger partial charge in [0.05, 0.1) is 5.69 Å². The van der Waals surface area contributed by atoms with Crippen LogP contribution in [0.3, 0.4) is 0 Å². The first kappa shape index (κ1) is 15.4. The predicted molar refractivity (Wildman–Crippen MR) is 76.0 cm³/mol. The number of hydrogen-bond acceptors (Lipinski definition) is 5. The molecule has 0 radical (unpaired) electrons. The summed E-state index contributed by atoms with van der Waals surface area (Å²) in [6.45, 7) is 2.85. The van der Waals surface area contributed by atoms with Crippen molar-refractivity contribution in [1.82, 2.24) is 20.3 Å². The van der Waals surface area contributed by atoms with Gasteiger partial charge in [0.2, 0.25) is 0 Å². The SMILES string of the molecule is OCCCn1cc(CNCC2CCCCC2CO)nn1. The third-order valence-electron chi connectivity index (χ3n) is 4.15. The molecule has 1 aromatic rings. The zero-order valence-electron chi connectivity index (χ0n) is 12.0. The van der Waals surface area contributed by atoms with Gasteiger partial charge in [-0.2, -0.15) is 0 Å². The summed E-state index contributed by atoms with van der Waals surface area (Å²) in [5.41, 5.74) is 0.930. The summed E-state index contributed by atoms with van der Waals surface area (Å²) in [6.07, 6.45) is 7.52. The van der Waals surface area contributed by atoms with Gasteiger partial charge in [0.25, 0.3) is 0 Å². The van der Waals surface area contributed by atoms with Gasteiger partial charge < -0.3 is 15.5 Å². The van der Waals surface area contributed by atoms with Crippen molar-refractivity contribution in [3.63, 3.8) is 0 Å². The molecule has 1 heterocycles. The second-order valence-electron chi connectivity index (χ2n) is 5.67. The molecule has 6 heteroatoms. The summed E-state index contributed by atoms with van der Waals surface area (Å²) in [6, 6.07) is 0. The minimum atomic E-state index is 0.178. The fourth-order valence-corrected chi connectivity index (χ4v) is 2.94. The van der Waals surface area contributed by atoms with E-state index >= 15 is 0 Å². The van der Waals surface area contributed by atoms with Crippen LogP contribution in [0.4, 0.5) is 0 Å². The maximum atomic E-state index is 9.39. The molecule has 0 bridgehead atoms. The smallest absolute Gasteiger partial charge is 0.0964 e.